The van der Waals surface area contributed by atoms with Gasteiger partial charge in [0.2, 0.25) is 0 Å². The first-order chi connectivity index (χ1) is 5.83. The van der Waals surface area contributed by atoms with Gasteiger partial charge < -0.3 is 9.47 Å². The van der Waals surface area contributed by atoms with Crippen LogP contribution in [0.3, 0.4) is 0 Å². The molecule has 1 rings (SSSR count). The molecule has 0 bridgehead atoms. The predicted molar refractivity (Wildman–Crippen MR) is 49.3 cm³/mol. The molecule has 0 unspecified atom stereocenters. The van der Waals surface area contributed by atoms with E-state index in [2.05, 4.69) is 20.9 Å². The summed E-state index contributed by atoms with van der Waals surface area (Å²) in [5.41, 5.74) is 0. The van der Waals surface area contributed by atoms with Gasteiger partial charge in [0.05, 0.1) is 12.8 Å². The molecule has 0 atom stereocenters. The van der Waals surface area contributed by atoms with Crippen molar-refractivity contribution in [2.45, 2.75) is 0 Å². The zero-order chi connectivity index (χ0) is 8.81. The van der Waals surface area contributed by atoms with Gasteiger partial charge in [0.25, 0.3) is 0 Å². The Morgan fingerprint density at radius 1 is 1.42 bits per heavy atom. The van der Waals surface area contributed by atoms with Crippen molar-refractivity contribution in [3.8, 4) is 5.75 Å². The summed E-state index contributed by atoms with van der Waals surface area (Å²) in [6.07, 6.45) is 3.38. The van der Waals surface area contributed by atoms with Gasteiger partial charge in [-0.2, -0.15) is 0 Å². The van der Waals surface area contributed by atoms with E-state index >= 15 is 0 Å². The lowest BCUT2D eigenvalue weighted by molar-refractivity contribution is 0.146. The fourth-order valence-corrected chi connectivity index (χ4v) is 1.06. The number of halogens is 1. The van der Waals surface area contributed by atoms with Crippen LogP contribution >= 0.6 is 15.9 Å². The second kappa shape index (κ2) is 5.11. The molecular formula is C8H10BrNO2. The molecule has 66 valence electrons. The summed E-state index contributed by atoms with van der Waals surface area (Å²) in [5.74, 6) is 0.751. The van der Waals surface area contributed by atoms with Crippen molar-refractivity contribution in [1.82, 2.24) is 4.98 Å². The number of ether oxygens (including phenoxy) is 2. The number of rotatable bonds is 4. The maximum absolute atomic E-state index is 5.31. The van der Waals surface area contributed by atoms with Gasteiger partial charge in [0.15, 0.2) is 0 Å². The fourth-order valence-electron chi connectivity index (χ4n) is 0.714. The maximum atomic E-state index is 5.31. The Kier molecular flexibility index (Phi) is 4.04. The highest BCUT2D eigenvalue weighted by atomic mass is 79.9. The monoisotopic (exact) mass is 231 g/mol. The maximum Gasteiger partial charge on any atom is 0.138 e. The summed E-state index contributed by atoms with van der Waals surface area (Å²) >= 11 is 3.30. The van der Waals surface area contributed by atoms with Crippen LogP contribution in [-0.2, 0) is 4.74 Å². The highest BCUT2D eigenvalue weighted by Gasteiger charge is 1.93. The molecule has 0 spiro atoms. The van der Waals surface area contributed by atoms with Crippen LogP contribution in [0, 0.1) is 0 Å². The van der Waals surface area contributed by atoms with E-state index in [9.17, 15) is 0 Å². The van der Waals surface area contributed by atoms with E-state index < -0.39 is 0 Å². The molecule has 1 aromatic rings. The number of hydrogen-bond donors (Lipinski definition) is 0. The number of nitrogens with zero attached hydrogens (tertiary/aromatic N) is 1. The topological polar surface area (TPSA) is 31.4 Å². The molecule has 0 fully saturated rings. The van der Waals surface area contributed by atoms with Crippen LogP contribution in [0.15, 0.2) is 22.9 Å². The van der Waals surface area contributed by atoms with E-state index in [1.807, 2.05) is 6.07 Å². The van der Waals surface area contributed by atoms with Crippen LogP contribution in [0.5, 0.6) is 5.75 Å². The summed E-state index contributed by atoms with van der Waals surface area (Å²) in [4.78, 5) is 3.95. The van der Waals surface area contributed by atoms with Crippen LogP contribution in [0.25, 0.3) is 0 Å². The van der Waals surface area contributed by atoms with Crippen LogP contribution in [-0.4, -0.2) is 25.3 Å². The Morgan fingerprint density at radius 2 is 2.25 bits per heavy atom. The summed E-state index contributed by atoms with van der Waals surface area (Å²) in [6.45, 7) is 1.14. The molecule has 0 aliphatic carbocycles. The molecule has 0 amide bonds. The van der Waals surface area contributed by atoms with Crippen molar-refractivity contribution in [2.24, 2.45) is 0 Å². The second-order valence-electron chi connectivity index (χ2n) is 2.18. The van der Waals surface area contributed by atoms with Gasteiger partial charge in [0, 0.05) is 17.8 Å². The zero-order valence-corrected chi connectivity index (χ0v) is 8.37. The highest BCUT2D eigenvalue weighted by Crippen LogP contribution is 2.15. The average molecular weight is 232 g/mol. The third kappa shape index (κ3) is 3.19. The number of pyridine rings is 1. The van der Waals surface area contributed by atoms with Crippen LogP contribution < -0.4 is 4.74 Å². The van der Waals surface area contributed by atoms with E-state index in [0.717, 1.165) is 10.2 Å². The summed E-state index contributed by atoms with van der Waals surface area (Å²) < 4.78 is 11.1. The molecular weight excluding hydrogens is 222 g/mol. The predicted octanol–water partition coefficient (Wildman–Crippen LogP) is 1.87. The van der Waals surface area contributed by atoms with Crippen LogP contribution in [0.4, 0.5) is 0 Å². The molecule has 1 heterocycles. The Morgan fingerprint density at radius 3 is 2.92 bits per heavy atom. The van der Waals surface area contributed by atoms with Crippen molar-refractivity contribution < 1.29 is 9.47 Å². The van der Waals surface area contributed by atoms with Crippen molar-refractivity contribution in [3.05, 3.63) is 22.9 Å². The SMILES string of the molecule is COCCOc1cncc(Br)c1. The molecule has 0 aliphatic heterocycles. The Hall–Kier alpha value is -0.610. The van der Waals surface area contributed by atoms with Crippen molar-refractivity contribution in [2.75, 3.05) is 20.3 Å². The highest BCUT2D eigenvalue weighted by molar-refractivity contribution is 9.10. The first-order valence-corrected chi connectivity index (χ1v) is 4.34. The smallest absolute Gasteiger partial charge is 0.138 e. The minimum atomic E-state index is 0.550. The molecule has 0 aromatic carbocycles. The van der Waals surface area contributed by atoms with Gasteiger partial charge >= 0.3 is 0 Å². The lowest BCUT2D eigenvalue weighted by Crippen LogP contribution is -2.04. The molecule has 0 radical (unpaired) electrons. The fraction of sp³-hybridized carbons (Fsp3) is 0.375. The largest absolute Gasteiger partial charge is 0.490 e. The summed E-state index contributed by atoms with van der Waals surface area (Å²) in [7, 11) is 1.64. The molecule has 4 heteroatoms. The van der Waals surface area contributed by atoms with Crippen molar-refractivity contribution in [1.29, 1.82) is 0 Å². The zero-order valence-electron chi connectivity index (χ0n) is 6.79. The normalized spacial score (nSPS) is 9.83. The first-order valence-electron chi connectivity index (χ1n) is 3.55. The molecule has 0 N–H and O–H groups in total. The van der Waals surface area contributed by atoms with E-state index in [1.54, 1.807) is 19.5 Å². The lowest BCUT2D eigenvalue weighted by atomic mass is 10.5. The van der Waals surface area contributed by atoms with Gasteiger partial charge in [-0.1, -0.05) is 0 Å². The molecule has 12 heavy (non-hydrogen) atoms. The lowest BCUT2D eigenvalue weighted by Gasteiger charge is -2.04. The minimum absolute atomic E-state index is 0.550. The van der Waals surface area contributed by atoms with Gasteiger partial charge in [-0.25, -0.2) is 0 Å². The van der Waals surface area contributed by atoms with Crippen LogP contribution in [0.1, 0.15) is 0 Å². The second-order valence-corrected chi connectivity index (χ2v) is 3.10. The van der Waals surface area contributed by atoms with E-state index in [-0.39, 0.29) is 0 Å². The third-order valence-corrected chi connectivity index (χ3v) is 1.67. The minimum Gasteiger partial charge on any atom is -0.490 e. The van der Waals surface area contributed by atoms with Crippen molar-refractivity contribution >= 4 is 15.9 Å². The van der Waals surface area contributed by atoms with Gasteiger partial charge in [-0.3, -0.25) is 4.98 Å². The summed E-state index contributed by atoms with van der Waals surface area (Å²) in [5, 5.41) is 0. The van der Waals surface area contributed by atoms with E-state index in [0.29, 0.717) is 13.2 Å². The average Bonchev–Trinajstić information content (AvgIpc) is 2.05. The summed E-state index contributed by atoms with van der Waals surface area (Å²) in [6, 6.07) is 1.86. The molecule has 0 saturated carbocycles. The molecule has 0 saturated heterocycles. The molecule has 3 nitrogen and oxygen atoms in total. The van der Waals surface area contributed by atoms with Gasteiger partial charge in [0.1, 0.15) is 12.4 Å². The van der Waals surface area contributed by atoms with Crippen LogP contribution in [0.2, 0.25) is 0 Å². The standard InChI is InChI=1S/C8H10BrNO2/c1-11-2-3-12-8-4-7(9)5-10-6-8/h4-6H,2-3H2,1H3. The molecule has 0 aliphatic rings. The van der Waals surface area contributed by atoms with Gasteiger partial charge in [-0.15, -0.1) is 0 Å². The Labute approximate surface area is 79.8 Å². The number of hydrogen-bond acceptors (Lipinski definition) is 3. The Bertz CT molecular complexity index is 242. The first kappa shape index (κ1) is 9.48. The van der Waals surface area contributed by atoms with E-state index in [1.165, 1.54) is 0 Å². The van der Waals surface area contributed by atoms with Crippen molar-refractivity contribution in [3.63, 3.8) is 0 Å². The molecule has 1 aromatic heterocycles. The Balaban J connectivity index is 2.41. The third-order valence-electron chi connectivity index (χ3n) is 1.24. The number of methoxy groups -OCH3 is 1. The quantitative estimate of drug-likeness (QED) is 0.742. The van der Waals surface area contributed by atoms with E-state index in [4.69, 9.17) is 9.47 Å². The van der Waals surface area contributed by atoms with Gasteiger partial charge in [-0.05, 0) is 22.0 Å². The number of aromatic nitrogens is 1.